The van der Waals surface area contributed by atoms with Gasteiger partial charge >= 0.3 is 0 Å². The summed E-state index contributed by atoms with van der Waals surface area (Å²) in [6.07, 6.45) is 3.60. The molecule has 1 amide bonds. The minimum Gasteiger partial charge on any atom is -0.742 e. The Morgan fingerprint density at radius 1 is 1.16 bits per heavy atom. The van der Waals surface area contributed by atoms with E-state index in [-0.39, 0.29) is 28.3 Å². The molecule has 2 N–H and O–H groups in total. The van der Waals surface area contributed by atoms with E-state index in [4.69, 9.17) is 22.1 Å². The fourth-order valence-corrected chi connectivity index (χ4v) is 4.07. The Bertz CT molecular complexity index is 1050. The molecule has 10 heteroatoms. The maximum atomic E-state index is 12.8. The molecule has 0 atom stereocenters. The van der Waals surface area contributed by atoms with Crippen molar-refractivity contribution in [1.82, 2.24) is 10.0 Å². The molecule has 0 fully saturated rings. The van der Waals surface area contributed by atoms with Gasteiger partial charge in [0, 0.05) is 26.8 Å². The lowest BCUT2D eigenvalue weighted by Gasteiger charge is -2.17. The Morgan fingerprint density at radius 3 is 2.59 bits per heavy atom. The summed E-state index contributed by atoms with van der Waals surface area (Å²) in [5.74, 6) is -0.0650. The average Bonchev–Trinajstić information content (AvgIpc) is 2.79. The van der Waals surface area contributed by atoms with Gasteiger partial charge in [-0.3, -0.25) is 14.5 Å². The predicted octanol–water partition coefficient (Wildman–Crippen LogP) is 1.89. The first-order valence-corrected chi connectivity index (χ1v) is 11.7. The highest BCUT2D eigenvalue weighted by molar-refractivity contribution is 7.92. The van der Waals surface area contributed by atoms with Crippen LogP contribution in [0.2, 0.25) is 0 Å². The molecule has 2 aromatic rings. The molecule has 0 aromatic heterocycles. The van der Waals surface area contributed by atoms with Crippen molar-refractivity contribution >= 4 is 39.8 Å². The van der Waals surface area contributed by atoms with Crippen molar-refractivity contribution in [1.29, 1.82) is 0 Å². The lowest BCUT2D eigenvalue weighted by molar-refractivity contribution is -0.116. The number of carbonyl (C=O) groups excluding carboxylic acids is 1. The van der Waals surface area contributed by atoms with E-state index in [1.165, 1.54) is 26.3 Å². The molecule has 0 bridgehead atoms. The van der Waals surface area contributed by atoms with E-state index in [0.717, 1.165) is 5.56 Å². The van der Waals surface area contributed by atoms with Gasteiger partial charge in [-0.15, -0.1) is 0 Å². The number of carbonyl (C=O) groups is 1. The molecule has 0 aliphatic rings. The van der Waals surface area contributed by atoms with Crippen LogP contribution >= 0.6 is 0 Å². The second kappa shape index (κ2) is 12.8. The number of hydrogen-bond donors (Lipinski definition) is 2. The van der Waals surface area contributed by atoms with Crippen molar-refractivity contribution in [2.45, 2.75) is 11.3 Å². The Balaban J connectivity index is 2.07. The van der Waals surface area contributed by atoms with Crippen LogP contribution < -0.4 is 14.8 Å². The number of benzene rings is 2. The Labute approximate surface area is 194 Å². The number of hydrogen-bond acceptors (Lipinski definition) is 7. The molecule has 2 rings (SSSR count). The molecular weight excluding hydrogens is 450 g/mol. The maximum Gasteiger partial charge on any atom is 0.265 e. The van der Waals surface area contributed by atoms with Crippen molar-refractivity contribution < 1.29 is 22.7 Å². The summed E-state index contributed by atoms with van der Waals surface area (Å²) < 4.78 is 38.3. The summed E-state index contributed by atoms with van der Waals surface area (Å²) in [7, 11) is -1.07. The Hall–Kier alpha value is -2.95. The van der Waals surface area contributed by atoms with E-state index < -0.39 is 10.0 Å². The molecule has 2 aromatic carbocycles. The van der Waals surface area contributed by atoms with E-state index >= 15 is 0 Å². The van der Waals surface area contributed by atoms with E-state index in [9.17, 15) is 13.2 Å². The molecule has 172 valence electrons. The highest BCUT2D eigenvalue weighted by Crippen LogP contribution is 2.25. The zero-order valence-electron chi connectivity index (χ0n) is 17.9. The Morgan fingerprint density at radius 2 is 1.91 bits per heavy atom. The second-order valence-corrected chi connectivity index (χ2v) is 8.58. The normalized spacial score (nSPS) is 12.0. The first-order chi connectivity index (χ1) is 15.4. The third kappa shape index (κ3) is 8.29. The molecular formula is C22H26N3O5S2-. The quantitative estimate of drug-likeness (QED) is 0.169. The smallest absolute Gasteiger partial charge is 0.265 e. The first kappa shape index (κ1) is 25.3. The zero-order chi connectivity index (χ0) is 23.4. The summed E-state index contributed by atoms with van der Waals surface area (Å²) in [4.78, 5) is 15.6. The molecule has 0 saturated carbocycles. The third-order valence-electron chi connectivity index (χ3n) is 4.21. The van der Waals surface area contributed by atoms with Gasteiger partial charge in [-0.1, -0.05) is 36.4 Å². The summed E-state index contributed by atoms with van der Waals surface area (Å²) in [5, 5.41) is 2.63. The number of rotatable bonds is 11. The fraction of sp³-hybridized carbons (Fsp3) is 0.273. The van der Waals surface area contributed by atoms with Crippen molar-refractivity contribution in [3.05, 3.63) is 65.7 Å². The fourth-order valence-electron chi connectivity index (χ4n) is 2.61. The highest BCUT2D eigenvalue weighted by Gasteiger charge is 2.20. The molecule has 0 saturated heterocycles. The number of aliphatic imine (C=N–C) groups is 1. The van der Waals surface area contributed by atoms with Crippen molar-refractivity contribution in [3.63, 3.8) is 0 Å². The van der Waals surface area contributed by atoms with Gasteiger partial charge in [0.25, 0.3) is 10.0 Å². The summed E-state index contributed by atoms with van der Waals surface area (Å²) in [6.45, 7) is 0.822. The Kier molecular flexibility index (Phi) is 10.1. The van der Waals surface area contributed by atoms with Gasteiger partial charge in [-0.2, -0.15) is 0 Å². The minimum atomic E-state index is -3.99. The van der Waals surface area contributed by atoms with Crippen molar-refractivity contribution in [2.75, 3.05) is 33.9 Å². The molecule has 0 radical (unpaired) electrons. The number of amides is 1. The topological polar surface area (TPSA) is 106 Å². The van der Waals surface area contributed by atoms with E-state index in [2.05, 4.69) is 15.0 Å². The number of amidine groups is 1. The second-order valence-electron chi connectivity index (χ2n) is 6.54. The predicted molar refractivity (Wildman–Crippen MR) is 127 cm³/mol. The molecule has 0 spiro atoms. The van der Waals surface area contributed by atoms with Crippen LogP contribution in [0.15, 0.2) is 64.5 Å². The largest absolute Gasteiger partial charge is 0.742 e. The van der Waals surface area contributed by atoms with Crippen LogP contribution in [-0.4, -0.2) is 53.4 Å². The van der Waals surface area contributed by atoms with Crippen LogP contribution in [-0.2, 0) is 38.6 Å². The summed E-state index contributed by atoms with van der Waals surface area (Å²) in [6, 6.07) is 14.3. The standard InChI is InChI=1S/C22H27N3O5S2/c1-23-22(31)25-32(27,28)20-16-18(8-10-19(20)30-15-14-29-2)12-13-24-21(26)11-9-17-6-4-3-5-7-17/h3-11,16H,12-15H2,1-2H3,(H,24,26)(H2,23,25,31)/p-1/b11-9+. The monoisotopic (exact) mass is 476 g/mol. The van der Waals surface area contributed by atoms with Gasteiger partial charge in [0.15, 0.2) is 0 Å². The van der Waals surface area contributed by atoms with Gasteiger partial charge in [-0.25, -0.2) is 8.42 Å². The van der Waals surface area contributed by atoms with Gasteiger partial charge in [-0.05, 0) is 40.9 Å². The molecule has 8 nitrogen and oxygen atoms in total. The van der Waals surface area contributed by atoms with E-state index in [1.807, 2.05) is 30.3 Å². The third-order valence-corrected chi connectivity index (χ3v) is 5.98. The minimum absolute atomic E-state index is 0.0626. The molecule has 0 unspecified atom stereocenters. The van der Waals surface area contributed by atoms with Crippen LogP contribution in [0.4, 0.5) is 0 Å². The highest BCUT2D eigenvalue weighted by atomic mass is 32.2. The SMILES string of the molecule is CN=C([S-])NS(=O)(=O)c1cc(CCNC(=O)/C=C/c2ccccc2)ccc1OCCOC. The summed E-state index contributed by atoms with van der Waals surface area (Å²) in [5.41, 5.74) is 1.63. The number of ether oxygens (including phenoxy) is 2. The summed E-state index contributed by atoms with van der Waals surface area (Å²) >= 11 is 4.87. The lowest BCUT2D eigenvalue weighted by atomic mass is 10.1. The number of nitrogens with one attached hydrogen (secondary N) is 2. The maximum absolute atomic E-state index is 12.8. The molecule has 0 aliphatic heterocycles. The molecule has 0 aliphatic carbocycles. The van der Waals surface area contributed by atoms with Crippen LogP contribution in [0, 0.1) is 0 Å². The van der Waals surface area contributed by atoms with Crippen LogP contribution in [0.5, 0.6) is 5.75 Å². The van der Waals surface area contributed by atoms with Crippen LogP contribution in [0.3, 0.4) is 0 Å². The van der Waals surface area contributed by atoms with E-state index in [1.54, 1.807) is 18.2 Å². The van der Waals surface area contributed by atoms with Gasteiger partial charge in [0.05, 0.1) is 6.61 Å². The van der Waals surface area contributed by atoms with Crippen LogP contribution in [0.25, 0.3) is 6.08 Å². The van der Waals surface area contributed by atoms with E-state index in [0.29, 0.717) is 25.1 Å². The molecule has 32 heavy (non-hydrogen) atoms. The zero-order valence-corrected chi connectivity index (χ0v) is 19.5. The number of nitrogens with zero attached hydrogens (tertiary/aromatic N) is 1. The number of methoxy groups -OCH3 is 1. The first-order valence-electron chi connectivity index (χ1n) is 9.78. The van der Waals surface area contributed by atoms with Crippen LogP contribution in [0.1, 0.15) is 11.1 Å². The number of sulfonamides is 1. The van der Waals surface area contributed by atoms with Gasteiger partial charge in [0.2, 0.25) is 5.91 Å². The lowest BCUT2D eigenvalue weighted by Crippen LogP contribution is -2.29. The molecule has 0 heterocycles. The van der Waals surface area contributed by atoms with Gasteiger partial charge < -0.3 is 27.4 Å². The average molecular weight is 477 g/mol. The van der Waals surface area contributed by atoms with Crippen molar-refractivity contribution in [3.8, 4) is 5.75 Å². The van der Waals surface area contributed by atoms with Crippen molar-refractivity contribution in [2.24, 2.45) is 4.99 Å². The van der Waals surface area contributed by atoms with Gasteiger partial charge in [0.1, 0.15) is 17.3 Å².